The fourth-order valence-electron chi connectivity index (χ4n) is 4.34. The van der Waals surface area contributed by atoms with Gasteiger partial charge in [-0.25, -0.2) is 9.37 Å². The van der Waals surface area contributed by atoms with Crippen molar-refractivity contribution in [1.29, 1.82) is 0 Å². The molecule has 0 radical (unpaired) electrons. The molecule has 2 aromatic heterocycles. The number of nitrogen functional groups attached to an aromatic ring is 1. The summed E-state index contributed by atoms with van der Waals surface area (Å²) in [5, 5.41) is 2.89. The van der Waals surface area contributed by atoms with Crippen LogP contribution in [-0.2, 0) is 25.5 Å². The first-order valence-electron chi connectivity index (χ1n) is 10.9. The van der Waals surface area contributed by atoms with Crippen molar-refractivity contribution in [3.05, 3.63) is 42.2 Å². The number of alkyl halides is 1. The van der Waals surface area contributed by atoms with Gasteiger partial charge in [0.2, 0.25) is 5.95 Å². The first kappa shape index (κ1) is 23.6. The van der Waals surface area contributed by atoms with Crippen LogP contribution in [0.15, 0.2) is 36.7 Å². The fraction of sp³-hybridized carbons (Fsp3) is 0.435. The Hall–Kier alpha value is -3.60. The van der Waals surface area contributed by atoms with E-state index in [1.165, 1.54) is 24.7 Å². The van der Waals surface area contributed by atoms with Gasteiger partial charge in [0.05, 0.1) is 12.7 Å². The van der Waals surface area contributed by atoms with E-state index < -0.39 is 29.9 Å². The molecule has 1 fully saturated rings. The van der Waals surface area contributed by atoms with E-state index in [0.29, 0.717) is 11.3 Å². The lowest BCUT2D eigenvalue weighted by Crippen LogP contribution is -2.37. The average molecular weight is 471 g/mol. The van der Waals surface area contributed by atoms with Gasteiger partial charge in [0.15, 0.2) is 28.9 Å². The standard InChI is InChI=1S/C23H27FN6O4/c1-13(31)9-15-16(11-33-17(32)10-14-7-5-4-6-8-14)34-21(23(15,2)24)30-12-27-18-19(26-3)28-22(25)29-20(18)30/h4-8,12,15-16,21H,9-11H2,1-3H3,(H3,25,26,28,29)/t15-,16-,21-,23-/m1/s1. The number of rotatable bonds is 8. The molecule has 0 aliphatic carbocycles. The van der Waals surface area contributed by atoms with Crippen molar-refractivity contribution in [2.75, 3.05) is 24.7 Å². The SMILES string of the molecule is CNc1nc(N)nc2c1ncn2[C@@H]1O[C@H](COC(=O)Cc2ccccc2)[C@@H](CC(C)=O)[C@@]1(C)F. The van der Waals surface area contributed by atoms with Crippen LogP contribution < -0.4 is 11.1 Å². The van der Waals surface area contributed by atoms with Crippen LogP contribution in [0.1, 0.15) is 32.1 Å². The molecule has 1 aliphatic heterocycles. The van der Waals surface area contributed by atoms with Gasteiger partial charge in [-0.3, -0.25) is 9.36 Å². The highest BCUT2D eigenvalue weighted by Gasteiger charge is 2.56. The fourth-order valence-corrected chi connectivity index (χ4v) is 4.34. The Morgan fingerprint density at radius 1 is 1.29 bits per heavy atom. The Kier molecular flexibility index (Phi) is 6.47. The molecule has 4 rings (SSSR count). The molecule has 3 heterocycles. The van der Waals surface area contributed by atoms with Gasteiger partial charge in [-0.2, -0.15) is 9.97 Å². The summed E-state index contributed by atoms with van der Waals surface area (Å²) in [5.41, 5.74) is 5.32. The number of aromatic nitrogens is 4. The van der Waals surface area contributed by atoms with Crippen molar-refractivity contribution in [2.24, 2.45) is 5.92 Å². The summed E-state index contributed by atoms with van der Waals surface area (Å²) in [6.45, 7) is 2.57. The highest BCUT2D eigenvalue weighted by Crippen LogP contribution is 2.48. The van der Waals surface area contributed by atoms with E-state index in [1.54, 1.807) is 7.05 Å². The molecule has 0 spiro atoms. The number of esters is 1. The molecule has 1 aliphatic rings. The lowest BCUT2D eigenvalue weighted by Gasteiger charge is -2.27. The van der Waals surface area contributed by atoms with E-state index in [2.05, 4.69) is 20.3 Å². The Labute approximate surface area is 195 Å². The van der Waals surface area contributed by atoms with Crippen molar-refractivity contribution in [2.45, 2.75) is 44.7 Å². The number of anilines is 2. The molecule has 3 aromatic rings. The van der Waals surface area contributed by atoms with Crippen molar-refractivity contribution in [3.63, 3.8) is 0 Å². The number of carbonyl (C=O) groups is 2. The molecule has 11 heteroatoms. The smallest absolute Gasteiger partial charge is 0.310 e. The summed E-state index contributed by atoms with van der Waals surface area (Å²) in [7, 11) is 1.66. The quantitative estimate of drug-likeness (QED) is 0.476. The van der Waals surface area contributed by atoms with E-state index >= 15 is 4.39 Å². The van der Waals surface area contributed by atoms with Crippen LogP contribution in [0.5, 0.6) is 0 Å². The number of imidazole rings is 1. The van der Waals surface area contributed by atoms with Gasteiger partial charge in [-0.05, 0) is 19.4 Å². The third-order valence-corrected chi connectivity index (χ3v) is 6.00. The van der Waals surface area contributed by atoms with E-state index in [4.69, 9.17) is 15.2 Å². The summed E-state index contributed by atoms with van der Waals surface area (Å²) >= 11 is 0. The predicted molar refractivity (Wildman–Crippen MR) is 123 cm³/mol. The monoisotopic (exact) mass is 470 g/mol. The minimum Gasteiger partial charge on any atom is -0.463 e. The van der Waals surface area contributed by atoms with E-state index in [1.807, 2.05) is 30.3 Å². The highest BCUT2D eigenvalue weighted by molar-refractivity contribution is 5.84. The summed E-state index contributed by atoms with van der Waals surface area (Å²) in [5.74, 6) is -1.12. The first-order chi connectivity index (χ1) is 16.2. The lowest BCUT2D eigenvalue weighted by molar-refractivity contribution is -0.148. The number of ketones is 1. The maximum Gasteiger partial charge on any atom is 0.310 e. The number of Topliss-reactive ketones (excluding diaryl/α,β-unsaturated/α-hetero) is 1. The number of nitrogens with one attached hydrogen (secondary N) is 1. The Morgan fingerprint density at radius 3 is 2.71 bits per heavy atom. The molecule has 180 valence electrons. The topological polar surface area (TPSA) is 134 Å². The summed E-state index contributed by atoms with van der Waals surface area (Å²) in [6.07, 6.45) is -0.606. The van der Waals surface area contributed by atoms with Crippen molar-refractivity contribution in [3.8, 4) is 0 Å². The number of fused-ring (bicyclic) bond motifs is 1. The van der Waals surface area contributed by atoms with Crippen LogP contribution in [-0.4, -0.2) is 56.7 Å². The van der Waals surface area contributed by atoms with E-state index in [9.17, 15) is 9.59 Å². The van der Waals surface area contributed by atoms with E-state index in [0.717, 1.165) is 5.56 Å². The van der Waals surface area contributed by atoms with Crippen LogP contribution in [0.25, 0.3) is 11.2 Å². The number of benzene rings is 1. The third-order valence-electron chi connectivity index (χ3n) is 6.00. The summed E-state index contributed by atoms with van der Waals surface area (Å²) in [6, 6.07) is 9.15. The number of hydrogen-bond acceptors (Lipinski definition) is 9. The van der Waals surface area contributed by atoms with Crippen LogP contribution in [0, 0.1) is 5.92 Å². The number of carbonyl (C=O) groups excluding carboxylic acids is 2. The van der Waals surface area contributed by atoms with Crippen LogP contribution >= 0.6 is 0 Å². The molecule has 10 nitrogen and oxygen atoms in total. The number of nitrogens with two attached hydrogens (primary N) is 1. The van der Waals surface area contributed by atoms with E-state index in [-0.39, 0.29) is 36.8 Å². The second-order valence-electron chi connectivity index (χ2n) is 8.54. The molecule has 0 saturated carbocycles. The molecule has 34 heavy (non-hydrogen) atoms. The molecular weight excluding hydrogens is 443 g/mol. The Balaban J connectivity index is 1.59. The van der Waals surface area contributed by atoms with Crippen molar-refractivity contribution >= 4 is 34.7 Å². The second kappa shape index (κ2) is 9.34. The molecule has 1 aromatic carbocycles. The van der Waals surface area contributed by atoms with Crippen molar-refractivity contribution in [1.82, 2.24) is 19.5 Å². The molecule has 1 saturated heterocycles. The first-order valence-corrected chi connectivity index (χ1v) is 10.9. The Bertz CT molecular complexity index is 1200. The number of halogens is 1. The number of hydrogen-bond donors (Lipinski definition) is 2. The molecule has 3 N–H and O–H groups in total. The Morgan fingerprint density at radius 2 is 2.03 bits per heavy atom. The zero-order valence-corrected chi connectivity index (χ0v) is 19.2. The largest absolute Gasteiger partial charge is 0.463 e. The highest BCUT2D eigenvalue weighted by atomic mass is 19.1. The van der Waals surface area contributed by atoms with Crippen LogP contribution in [0.3, 0.4) is 0 Å². The molecular formula is C23H27FN6O4. The minimum atomic E-state index is -1.99. The normalized spacial score (nSPS) is 24.3. The predicted octanol–water partition coefficient (Wildman–Crippen LogP) is 2.46. The summed E-state index contributed by atoms with van der Waals surface area (Å²) < 4.78 is 29.2. The second-order valence-corrected chi connectivity index (χ2v) is 8.54. The molecule has 0 amide bonds. The summed E-state index contributed by atoms with van der Waals surface area (Å²) in [4.78, 5) is 36.9. The average Bonchev–Trinajstić information content (AvgIpc) is 3.30. The zero-order valence-electron chi connectivity index (χ0n) is 19.2. The van der Waals surface area contributed by atoms with Gasteiger partial charge < -0.3 is 25.3 Å². The molecule has 4 atom stereocenters. The maximum atomic E-state index is 16.2. The van der Waals surface area contributed by atoms with Gasteiger partial charge in [-0.1, -0.05) is 30.3 Å². The third kappa shape index (κ3) is 4.56. The van der Waals surface area contributed by atoms with Crippen LogP contribution in [0.2, 0.25) is 0 Å². The number of ether oxygens (including phenoxy) is 2. The van der Waals surface area contributed by atoms with Gasteiger partial charge in [0, 0.05) is 19.4 Å². The zero-order chi connectivity index (χ0) is 24.5. The lowest BCUT2D eigenvalue weighted by atomic mass is 9.84. The van der Waals surface area contributed by atoms with Crippen LogP contribution in [0.4, 0.5) is 16.2 Å². The van der Waals surface area contributed by atoms with Gasteiger partial charge in [0.1, 0.15) is 18.5 Å². The minimum absolute atomic E-state index is 0.0103. The van der Waals surface area contributed by atoms with Gasteiger partial charge in [0.25, 0.3) is 0 Å². The maximum absolute atomic E-state index is 16.2. The van der Waals surface area contributed by atoms with Gasteiger partial charge in [-0.15, -0.1) is 0 Å². The molecule has 0 bridgehead atoms. The van der Waals surface area contributed by atoms with Crippen molar-refractivity contribution < 1.29 is 23.5 Å². The van der Waals surface area contributed by atoms with Gasteiger partial charge >= 0.3 is 5.97 Å². The number of nitrogens with zero attached hydrogens (tertiary/aromatic N) is 4. The molecule has 0 unspecified atom stereocenters.